The number of rotatable bonds is 0. The summed E-state index contributed by atoms with van der Waals surface area (Å²) >= 11 is 0. The highest BCUT2D eigenvalue weighted by Crippen LogP contribution is 2.66. The standard InChI is InChI=1S/C21H30O2/c1-4-21(23)12-18-16-6-5-14-11-15(22)7-10-20(14,3)17(16)8-9-19(18,2)13-21/h1,5,15-18,22-23H,6-13H2,2-3H3/t15-,16-,17+,18-,19+,20-,21+/m0/s1. The third kappa shape index (κ3) is 2.16. The molecule has 4 aliphatic rings. The Morgan fingerprint density at radius 3 is 2.74 bits per heavy atom. The van der Waals surface area contributed by atoms with E-state index in [0.29, 0.717) is 17.8 Å². The minimum atomic E-state index is -0.887. The fraction of sp³-hybridized carbons (Fsp3) is 0.810. The molecule has 0 aliphatic heterocycles. The number of aliphatic hydroxyl groups excluding tert-OH is 1. The Morgan fingerprint density at radius 2 is 2.00 bits per heavy atom. The molecule has 0 radical (unpaired) electrons. The van der Waals surface area contributed by atoms with Crippen molar-refractivity contribution >= 4 is 0 Å². The number of hydrogen-bond acceptors (Lipinski definition) is 2. The first kappa shape index (κ1) is 15.7. The number of fused-ring (bicyclic) bond motifs is 5. The largest absolute Gasteiger partial charge is 0.393 e. The van der Waals surface area contributed by atoms with Gasteiger partial charge in [0.2, 0.25) is 0 Å². The van der Waals surface area contributed by atoms with Gasteiger partial charge in [0.15, 0.2) is 0 Å². The van der Waals surface area contributed by atoms with Gasteiger partial charge in [-0.2, -0.15) is 0 Å². The van der Waals surface area contributed by atoms with Gasteiger partial charge in [-0.05, 0) is 80.0 Å². The third-order valence-corrected chi connectivity index (χ3v) is 8.12. The molecule has 0 saturated heterocycles. The zero-order valence-electron chi connectivity index (χ0n) is 14.5. The normalized spacial score (nSPS) is 55.2. The van der Waals surface area contributed by atoms with Crippen LogP contribution in [-0.2, 0) is 0 Å². The summed E-state index contributed by atoms with van der Waals surface area (Å²) in [5.41, 5.74) is 1.09. The van der Waals surface area contributed by atoms with E-state index in [4.69, 9.17) is 6.42 Å². The van der Waals surface area contributed by atoms with Crippen LogP contribution in [0.1, 0.15) is 65.2 Å². The highest BCUT2D eigenvalue weighted by Gasteiger charge is 2.60. The molecule has 126 valence electrons. The third-order valence-electron chi connectivity index (χ3n) is 8.12. The Morgan fingerprint density at radius 1 is 1.22 bits per heavy atom. The second-order valence-electron chi connectivity index (χ2n) is 9.41. The summed E-state index contributed by atoms with van der Waals surface area (Å²) in [6.45, 7) is 4.79. The van der Waals surface area contributed by atoms with Crippen molar-refractivity contribution in [2.45, 2.75) is 76.9 Å². The molecule has 2 nitrogen and oxygen atoms in total. The van der Waals surface area contributed by atoms with Crippen molar-refractivity contribution in [2.75, 3.05) is 0 Å². The van der Waals surface area contributed by atoms with Gasteiger partial charge < -0.3 is 10.2 Å². The van der Waals surface area contributed by atoms with Crippen molar-refractivity contribution in [3.05, 3.63) is 11.6 Å². The van der Waals surface area contributed by atoms with Crippen molar-refractivity contribution in [1.29, 1.82) is 0 Å². The van der Waals surface area contributed by atoms with Crippen molar-refractivity contribution < 1.29 is 10.2 Å². The highest BCUT2D eigenvalue weighted by molar-refractivity contribution is 5.27. The van der Waals surface area contributed by atoms with Crippen LogP contribution in [0.4, 0.5) is 0 Å². The summed E-state index contributed by atoms with van der Waals surface area (Å²) in [6.07, 6.45) is 16.0. The fourth-order valence-electron chi connectivity index (χ4n) is 6.87. The van der Waals surface area contributed by atoms with Gasteiger partial charge in [0.05, 0.1) is 6.10 Å². The fourth-order valence-corrected chi connectivity index (χ4v) is 6.87. The van der Waals surface area contributed by atoms with Gasteiger partial charge >= 0.3 is 0 Å². The van der Waals surface area contributed by atoms with Crippen LogP contribution >= 0.6 is 0 Å². The molecule has 23 heavy (non-hydrogen) atoms. The molecule has 0 aromatic carbocycles. The van der Waals surface area contributed by atoms with Crippen molar-refractivity contribution in [1.82, 2.24) is 0 Å². The Hall–Kier alpha value is -0.780. The smallest absolute Gasteiger partial charge is 0.126 e. The topological polar surface area (TPSA) is 40.5 Å². The second kappa shape index (κ2) is 4.87. The molecule has 3 fully saturated rings. The Kier molecular flexibility index (Phi) is 3.33. The van der Waals surface area contributed by atoms with Crippen LogP contribution in [-0.4, -0.2) is 21.9 Å². The summed E-state index contributed by atoms with van der Waals surface area (Å²) in [7, 11) is 0. The van der Waals surface area contributed by atoms with Crippen molar-refractivity contribution in [3.8, 4) is 12.3 Å². The number of allylic oxidation sites excluding steroid dienone is 1. The molecule has 0 amide bonds. The molecule has 7 atom stereocenters. The summed E-state index contributed by atoms with van der Waals surface area (Å²) < 4.78 is 0. The van der Waals surface area contributed by atoms with E-state index in [1.54, 1.807) is 0 Å². The molecule has 2 heteroatoms. The first-order valence-electron chi connectivity index (χ1n) is 9.37. The maximum atomic E-state index is 10.7. The Bertz CT molecular complexity index is 587. The zero-order valence-corrected chi connectivity index (χ0v) is 14.5. The molecule has 0 aromatic heterocycles. The van der Waals surface area contributed by atoms with Crippen LogP contribution in [0.5, 0.6) is 0 Å². The monoisotopic (exact) mass is 314 g/mol. The average molecular weight is 314 g/mol. The molecule has 0 unspecified atom stereocenters. The van der Waals surface area contributed by atoms with E-state index in [9.17, 15) is 10.2 Å². The van der Waals surface area contributed by atoms with Gasteiger partial charge in [-0.3, -0.25) is 0 Å². The maximum absolute atomic E-state index is 10.7. The lowest BCUT2D eigenvalue weighted by atomic mass is 9.48. The molecule has 0 spiro atoms. The minimum Gasteiger partial charge on any atom is -0.393 e. The van der Waals surface area contributed by atoms with Crippen LogP contribution in [0.25, 0.3) is 0 Å². The molecule has 4 rings (SSSR count). The summed E-state index contributed by atoms with van der Waals surface area (Å²) in [4.78, 5) is 0. The molecule has 3 saturated carbocycles. The average Bonchev–Trinajstić information content (AvgIpc) is 2.79. The van der Waals surface area contributed by atoms with E-state index in [0.717, 1.165) is 38.5 Å². The van der Waals surface area contributed by atoms with Gasteiger partial charge in [0, 0.05) is 0 Å². The lowest BCUT2D eigenvalue weighted by Crippen LogP contribution is -2.49. The highest BCUT2D eigenvalue weighted by atomic mass is 16.3. The van der Waals surface area contributed by atoms with Crippen LogP contribution in [0.15, 0.2) is 11.6 Å². The number of terminal acetylenes is 1. The Balaban J connectivity index is 1.68. The van der Waals surface area contributed by atoms with E-state index in [1.165, 1.54) is 18.4 Å². The van der Waals surface area contributed by atoms with Gasteiger partial charge in [0.1, 0.15) is 5.60 Å². The van der Waals surface area contributed by atoms with Gasteiger partial charge in [-0.1, -0.05) is 31.4 Å². The Labute approximate surface area is 140 Å². The van der Waals surface area contributed by atoms with E-state index in [2.05, 4.69) is 25.8 Å². The minimum absolute atomic E-state index is 0.141. The van der Waals surface area contributed by atoms with Crippen LogP contribution in [0.3, 0.4) is 0 Å². The summed E-state index contributed by atoms with van der Waals surface area (Å²) in [5, 5.41) is 20.8. The molecule has 0 heterocycles. The van der Waals surface area contributed by atoms with Gasteiger partial charge in [0.25, 0.3) is 0 Å². The quantitative estimate of drug-likeness (QED) is 0.529. The van der Waals surface area contributed by atoms with Crippen LogP contribution < -0.4 is 0 Å². The van der Waals surface area contributed by atoms with Crippen LogP contribution in [0.2, 0.25) is 0 Å². The number of aliphatic hydroxyl groups is 2. The van der Waals surface area contributed by atoms with E-state index < -0.39 is 5.60 Å². The second-order valence-corrected chi connectivity index (χ2v) is 9.41. The maximum Gasteiger partial charge on any atom is 0.126 e. The van der Waals surface area contributed by atoms with Gasteiger partial charge in [-0.15, -0.1) is 6.42 Å². The van der Waals surface area contributed by atoms with Crippen LogP contribution in [0, 0.1) is 40.9 Å². The summed E-state index contributed by atoms with van der Waals surface area (Å²) in [5.74, 6) is 4.60. The molecule has 0 bridgehead atoms. The molecule has 2 N–H and O–H groups in total. The zero-order chi connectivity index (χ0) is 16.5. The first-order valence-corrected chi connectivity index (χ1v) is 9.37. The van der Waals surface area contributed by atoms with E-state index in [-0.39, 0.29) is 16.9 Å². The number of hydrogen-bond donors (Lipinski definition) is 2. The van der Waals surface area contributed by atoms with Crippen molar-refractivity contribution in [3.63, 3.8) is 0 Å². The molecular weight excluding hydrogens is 284 g/mol. The lowest BCUT2D eigenvalue weighted by molar-refractivity contribution is -0.0360. The van der Waals surface area contributed by atoms with Crippen molar-refractivity contribution in [2.24, 2.45) is 28.6 Å². The van der Waals surface area contributed by atoms with E-state index >= 15 is 0 Å². The molecule has 4 aliphatic carbocycles. The molecular formula is C21H30O2. The lowest BCUT2D eigenvalue weighted by Gasteiger charge is -2.57. The SMILES string of the molecule is C#C[C@@]1(O)C[C@H]2[C@H]3CC=C4C[C@@H](O)CC[C@]4(C)[C@@H]3CC[C@]2(C)C1. The predicted octanol–water partition coefficient (Wildman–Crippen LogP) is 3.67. The molecule has 0 aromatic rings. The van der Waals surface area contributed by atoms with E-state index in [1.807, 2.05) is 0 Å². The predicted molar refractivity (Wildman–Crippen MR) is 91.5 cm³/mol. The van der Waals surface area contributed by atoms with Gasteiger partial charge in [-0.25, -0.2) is 0 Å². The summed E-state index contributed by atoms with van der Waals surface area (Å²) in [6, 6.07) is 0. The first-order chi connectivity index (χ1) is 10.8.